The highest BCUT2D eigenvalue weighted by Gasteiger charge is 2.16. The number of carbonyl (C=O) groups is 1. The lowest BCUT2D eigenvalue weighted by atomic mass is 10.1. The van der Waals surface area contributed by atoms with Gasteiger partial charge in [0.2, 0.25) is 5.91 Å². The van der Waals surface area contributed by atoms with E-state index in [2.05, 4.69) is 5.32 Å². The van der Waals surface area contributed by atoms with Gasteiger partial charge in [-0.05, 0) is 47.5 Å². The van der Waals surface area contributed by atoms with Crippen molar-refractivity contribution in [2.75, 3.05) is 12.9 Å². The fraction of sp³-hybridized carbons (Fsp3) is 0.160. The molecule has 0 aromatic heterocycles. The van der Waals surface area contributed by atoms with Crippen molar-refractivity contribution in [1.82, 2.24) is 5.32 Å². The van der Waals surface area contributed by atoms with Gasteiger partial charge in [-0.3, -0.25) is 9.79 Å². The minimum absolute atomic E-state index is 0.0527. The fourth-order valence-corrected chi connectivity index (χ4v) is 4.16. The van der Waals surface area contributed by atoms with Gasteiger partial charge in [0.15, 0.2) is 0 Å². The summed E-state index contributed by atoms with van der Waals surface area (Å²) in [4.78, 5) is 22.1. The van der Waals surface area contributed by atoms with E-state index in [9.17, 15) is 4.79 Å². The first-order chi connectivity index (χ1) is 15.6. The second-order valence-electron chi connectivity index (χ2n) is 7.15. The molecule has 1 aliphatic heterocycles. The third kappa shape index (κ3) is 5.78. The van der Waals surface area contributed by atoms with Crippen molar-refractivity contribution < 1.29 is 9.53 Å². The van der Waals surface area contributed by atoms with E-state index < -0.39 is 0 Å². The first-order valence-corrected chi connectivity index (χ1v) is 11.5. The summed E-state index contributed by atoms with van der Waals surface area (Å²) < 4.78 is 5.23. The minimum Gasteiger partial charge on any atom is -0.497 e. The summed E-state index contributed by atoms with van der Waals surface area (Å²) in [7, 11) is 1.63. The SMILES string of the molecule is COc1cccc(CNC(=O)CSC2=Nc3ccccc3N=C(c3ccc(Cl)cc3)C2)c1. The Kier molecular flexibility index (Phi) is 7.24. The zero-order chi connectivity index (χ0) is 22.3. The summed E-state index contributed by atoms with van der Waals surface area (Å²) in [6, 6.07) is 23.0. The van der Waals surface area contributed by atoms with Gasteiger partial charge >= 0.3 is 0 Å². The molecule has 32 heavy (non-hydrogen) atoms. The van der Waals surface area contributed by atoms with Crippen LogP contribution < -0.4 is 10.1 Å². The third-order valence-electron chi connectivity index (χ3n) is 4.87. The number of thioether (sulfide) groups is 1. The number of fused-ring (bicyclic) bond motifs is 1. The predicted molar refractivity (Wildman–Crippen MR) is 133 cm³/mol. The summed E-state index contributed by atoms with van der Waals surface area (Å²) in [6.07, 6.45) is 0.546. The number of ether oxygens (including phenoxy) is 1. The van der Waals surface area contributed by atoms with E-state index in [0.29, 0.717) is 18.0 Å². The first kappa shape index (κ1) is 22.1. The molecule has 1 amide bonds. The molecular weight excluding hydrogens is 442 g/mol. The number of halogens is 1. The molecule has 1 aliphatic rings. The maximum Gasteiger partial charge on any atom is 0.230 e. The smallest absolute Gasteiger partial charge is 0.230 e. The van der Waals surface area contributed by atoms with Crippen LogP contribution in [0.1, 0.15) is 17.5 Å². The fourth-order valence-electron chi connectivity index (χ4n) is 3.23. The molecule has 0 bridgehead atoms. The van der Waals surface area contributed by atoms with E-state index in [1.165, 1.54) is 11.8 Å². The van der Waals surface area contributed by atoms with Crippen molar-refractivity contribution in [3.05, 3.63) is 88.9 Å². The van der Waals surface area contributed by atoms with Crippen molar-refractivity contribution in [3.8, 4) is 5.75 Å². The van der Waals surface area contributed by atoms with Gasteiger partial charge in [0.1, 0.15) is 5.75 Å². The summed E-state index contributed by atoms with van der Waals surface area (Å²) in [5.41, 5.74) is 4.49. The molecule has 0 fully saturated rings. The van der Waals surface area contributed by atoms with Crippen LogP contribution in [-0.4, -0.2) is 29.5 Å². The molecule has 0 unspecified atom stereocenters. The molecule has 7 heteroatoms. The van der Waals surface area contributed by atoms with Crippen LogP contribution in [0.3, 0.4) is 0 Å². The molecule has 0 saturated heterocycles. The molecule has 1 heterocycles. The highest BCUT2D eigenvalue weighted by molar-refractivity contribution is 8.14. The average molecular weight is 464 g/mol. The van der Waals surface area contributed by atoms with Gasteiger partial charge < -0.3 is 10.1 Å². The Balaban J connectivity index is 1.44. The number of rotatable bonds is 6. The van der Waals surface area contributed by atoms with Gasteiger partial charge in [-0.15, -0.1) is 11.8 Å². The van der Waals surface area contributed by atoms with Crippen LogP contribution in [0.4, 0.5) is 11.4 Å². The lowest BCUT2D eigenvalue weighted by Gasteiger charge is -2.09. The molecule has 0 radical (unpaired) electrons. The summed E-state index contributed by atoms with van der Waals surface area (Å²) >= 11 is 7.48. The molecule has 0 atom stereocenters. The number of amides is 1. The second kappa shape index (κ2) is 10.5. The first-order valence-electron chi connectivity index (χ1n) is 10.1. The quantitative estimate of drug-likeness (QED) is 0.491. The number of hydrogen-bond donors (Lipinski definition) is 1. The zero-order valence-electron chi connectivity index (χ0n) is 17.5. The van der Waals surface area contributed by atoms with E-state index >= 15 is 0 Å². The normalized spacial score (nSPS) is 12.8. The molecule has 162 valence electrons. The number of aliphatic imine (C=N–C) groups is 2. The minimum atomic E-state index is -0.0527. The summed E-state index contributed by atoms with van der Waals surface area (Å²) in [6.45, 7) is 0.448. The number of para-hydroxylation sites is 2. The number of hydrogen-bond acceptors (Lipinski definition) is 5. The Hall–Kier alpha value is -3.09. The van der Waals surface area contributed by atoms with Crippen molar-refractivity contribution >= 4 is 51.4 Å². The van der Waals surface area contributed by atoms with Crippen molar-refractivity contribution in [3.63, 3.8) is 0 Å². The largest absolute Gasteiger partial charge is 0.497 e. The maximum atomic E-state index is 12.5. The van der Waals surface area contributed by atoms with Gasteiger partial charge in [-0.2, -0.15) is 0 Å². The molecule has 0 saturated carbocycles. The highest BCUT2D eigenvalue weighted by Crippen LogP contribution is 2.33. The van der Waals surface area contributed by atoms with E-state index in [0.717, 1.165) is 39.0 Å². The highest BCUT2D eigenvalue weighted by atomic mass is 35.5. The molecule has 3 aromatic carbocycles. The molecular formula is C25H22ClN3O2S. The van der Waals surface area contributed by atoms with Crippen LogP contribution in [-0.2, 0) is 11.3 Å². The standard InChI is InChI=1S/C25H22ClN3O2S/c1-31-20-6-4-5-17(13-20)15-27-24(30)16-32-25-14-23(18-9-11-19(26)12-10-18)28-21-7-2-3-8-22(21)29-25/h2-13H,14-16H2,1H3,(H,27,30). The van der Waals surface area contributed by atoms with Crippen LogP contribution in [0.25, 0.3) is 0 Å². The Morgan fingerprint density at radius 3 is 2.53 bits per heavy atom. The number of nitrogens with zero attached hydrogens (tertiary/aromatic N) is 2. The van der Waals surface area contributed by atoms with Gasteiger partial charge in [-0.25, -0.2) is 4.99 Å². The molecule has 0 spiro atoms. The van der Waals surface area contributed by atoms with Gasteiger partial charge in [-0.1, -0.05) is 48.0 Å². The molecule has 4 rings (SSSR count). The Morgan fingerprint density at radius 2 is 1.78 bits per heavy atom. The van der Waals surface area contributed by atoms with Crippen molar-refractivity contribution in [2.45, 2.75) is 13.0 Å². The van der Waals surface area contributed by atoms with E-state index in [1.54, 1.807) is 7.11 Å². The second-order valence-corrected chi connectivity index (χ2v) is 8.64. The van der Waals surface area contributed by atoms with Gasteiger partial charge in [0.05, 0.1) is 35.0 Å². The van der Waals surface area contributed by atoms with Crippen molar-refractivity contribution in [1.29, 1.82) is 0 Å². The summed E-state index contributed by atoms with van der Waals surface area (Å²) in [5, 5.41) is 4.49. The monoisotopic (exact) mass is 463 g/mol. The number of nitrogens with one attached hydrogen (secondary N) is 1. The average Bonchev–Trinajstić information content (AvgIpc) is 3.01. The molecule has 3 aromatic rings. The van der Waals surface area contributed by atoms with Crippen LogP contribution in [0.5, 0.6) is 5.75 Å². The maximum absolute atomic E-state index is 12.5. The zero-order valence-corrected chi connectivity index (χ0v) is 19.1. The van der Waals surface area contributed by atoms with Crippen LogP contribution in [0.2, 0.25) is 5.02 Å². The van der Waals surface area contributed by atoms with Crippen LogP contribution in [0.15, 0.2) is 82.8 Å². The molecule has 1 N–H and O–H groups in total. The van der Waals surface area contributed by atoms with Crippen molar-refractivity contribution in [2.24, 2.45) is 9.98 Å². The predicted octanol–water partition coefficient (Wildman–Crippen LogP) is 5.95. The number of methoxy groups -OCH3 is 1. The topological polar surface area (TPSA) is 63.0 Å². The van der Waals surface area contributed by atoms with Gasteiger partial charge in [0, 0.05) is 18.0 Å². The lowest BCUT2D eigenvalue weighted by molar-refractivity contribution is -0.118. The Bertz CT molecular complexity index is 1180. The van der Waals surface area contributed by atoms with Gasteiger partial charge in [0.25, 0.3) is 0 Å². The molecule has 5 nitrogen and oxygen atoms in total. The summed E-state index contributed by atoms with van der Waals surface area (Å²) in [5.74, 6) is 0.994. The Morgan fingerprint density at radius 1 is 1.03 bits per heavy atom. The van der Waals surface area contributed by atoms with Crippen LogP contribution >= 0.6 is 23.4 Å². The Labute approximate surface area is 196 Å². The molecule has 0 aliphatic carbocycles. The number of carbonyl (C=O) groups excluding carboxylic acids is 1. The van der Waals surface area contributed by atoms with E-state index in [4.69, 9.17) is 26.3 Å². The van der Waals surface area contributed by atoms with E-state index in [-0.39, 0.29) is 11.7 Å². The van der Waals surface area contributed by atoms with Crippen LogP contribution in [0, 0.1) is 0 Å². The van der Waals surface area contributed by atoms with E-state index in [1.807, 2.05) is 72.8 Å². The third-order valence-corrected chi connectivity index (χ3v) is 6.10. The number of benzene rings is 3. The lowest BCUT2D eigenvalue weighted by Crippen LogP contribution is -2.25.